The van der Waals surface area contributed by atoms with E-state index in [1.54, 1.807) is 6.92 Å². The van der Waals surface area contributed by atoms with Gasteiger partial charge in [0.15, 0.2) is 0 Å². The van der Waals surface area contributed by atoms with Crippen molar-refractivity contribution >= 4 is 16.8 Å². The first kappa shape index (κ1) is 15.3. The molecule has 0 saturated carbocycles. The second kappa shape index (κ2) is 6.54. The van der Waals surface area contributed by atoms with Crippen molar-refractivity contribution in [2.45, 2.75) is 32.7 Å². The number of carbonyl (C=O) groups excluding carboxylic acids is 1. The summed E-state index contributed by atoms with van der Waals surface area (Å²) in [5.41, 5.74) is 2.33. The molecule has 0 aliphatic heterocycles. The number of fused-ring (bicyclic) bond motifs is 1. The van der Waals surface area contributed by atoms with Crippen LogP contribution in [0.2, 0.25) is 0 Å². The molecule has 2 aromatic rings. The lowest BCUT2D eigenvalue weighted by molar-refractivity contribution is -0.121. The molecule has 5 heteroatoms. The average Bonchev–Trinajstić information content (AvgIpc) is 2.44. The molecule has 0 bridgehead atoms. The van der Waals surface area contributed by atoms with Crippen molar-refractivity contribution in [2.24, 2.45) is 0 Å². The van der Waals surface area contributed by atoms with Crippen LogP contribution in [-0.2, 0) is 11.2 Å². The fourth-order valence-electron chi connectivity index (χ4n) is 2.19. The topological polar surface area (TPSA) is 82.2 Å². The molecule has 1 aromatic heterocycles. The maximum absolute atomic E-state index is 12.0. The lowest BCUT2D eigenvalue weighted by Crippen LogP contribution is -2.35. The van der Waals surface area contributed by atoms with Gasteiger partial charge in [-0.05, 0) is 43.4 Å². The number of hydrogen-bond donors (Lipinski definition) is 3. The zero-order valence-corrected chi connectivity index (χ0v) is 12.3. The van der Waals surface area contributed by atoms with Crippen molar-refractivity contribution < 1.29 is 9.90 Å². The van der Waals surface area contributed by atoms with Gasteiger partial charge in [0.1, 0.15) is 0 Å². The van der Waals surface area contributed by atoms with Gasteiger partial charge in [0.2, 0.25) is 5.91 Å². The fraction of sp³-hybridized carbons (Fsp3) is 0.375. The Morgan fingerprint density at radius 3 is 2.86 bits per heavy atom. The maximum Gasteiger partial charge on any atom is 0.251 e. The Morgan fingerprint density at radius 2 is 2.14 bits per heavy atom. The van der Waals surface area contributed by atoms with Crippen molar-refractivity contribution in [3.63, 3.8) is 0 Å². The van der Waals surface area contributed by atoms with Gasteiger partial charge in [-0.15, -0.1) is 0 Å². The predicted octanol–water partition coefficient (Wildman–Crippen LogP) is 1.27. The molecular formula is C16H20N2O3. The molecular weight excluding hydrogens is 268 g/mol. The van der Waals surface area contributed by atoms with Crippen molar-refractivity contribution in [3.8, 4) is 0 Å². The van der Waals surface area contributed by atoms with Gasteiger partial charge in [0.25, 0.3) is 5.56 Å². The minimum Gasteiger partial charge on any atom is -0.394 e. The quantitative estimate of drug-likeness (QED) is 0.775. The van der Waals surface area contributed by atoms with Gasteiger partial charge in [-0.25, -0.2) is 0 Å². The standard InChI is InChI=1S/C16H20N2O3/c1-10-3-4-12-8-13(16(21)18-14(12)7-10)5-6-15(20)17-11(2)9-19/h3-4,7-8,11,19H,5-6,9H2,1-2H3,(H,17,20)(H,18,21). The van der Waals surface area contributed by atoms with E-state index < -0.39 is 0 Å². The predicted molar refractivity (Wildman–Crippen MR) is 82.3 cm³/mol. The van der Waals surface area contributed by atoms with Crippen LogP contribution in [0.1, 0.15) is 24.5 Å². The second-order valence-corrected chi connectivity index (χ2v) is 5.37. The molecule has 1 atom stereocenters. The third-order valence-electron chi connectivity index (χ3n) is 3.38. The van der Waals surface area contributed by atoms with E-state index in [2.05, 4.69) is 10.3 Å². The van der Waals surface area contributed by atoms with Crippen LogP contribution >= 0.6 is 0 Å². The van der Waals surface area contributed by atoms with Gasteiger partial charge in [-0.1, -0.05) is 12.1 Å². The molecule has 3 N–H and O–H groups in total. The number of hydrogen-bond acceptors (Lipinski definition) is 3. The van der Waals surface area contributed by atoms with Gasteiger partial charge in [-0.3, -0.25) is 9.59 Å². The van der Waals surface area contributed by atoms with Gasteiger partial charge < -0.3 is 15.4 Å². The molecule has 5 nitrogen and oxygen atoms in total. The molecule has 0 aliphatic carbocycles. The molecule has 0 saturated heterocycles. The molecule has 112 valence electrons. The summed E-state index contributed by atoms with van der Waals surface area (Å²) in [4.78, 5) is 26.5. The summed E-state index contributed by atoms with van der Waals surface area (Å²) in [6.45, 7) is 3.60. The Kier molecular flexibility index (Phi) is 4.75. The number of aliphatic hydroxyl groups is 1. The number of rotatable bonds is 5. The van der Waals surface area contributed by atoms with Crippen molar-refractivity contribution in [1.82, 2.24) is 10.3 Å². The van der Waals surface area contributed by atoms with Gasteiger partial charge >= 0.3 is 0 Å². The molecule has 2 rings (SSSR count). The number of benzene rings is 1. The lowest BCUT2D eigenvalue weighted by atomic mass is 10.1. The highest BCUT2D eigenvalue weighted by atomic mass is 16.3. The third kappa shape index (κ3) is 3.92. The molecule has 0 radical (unpaired) electrons. The van der Waals surface area contributed by atoms with Gasteiger partial charge in [-0.2, -0.15) is 0 Å². The minimum absolute atomic E-state index is 0.0956. The zero-order valence-electron chi connectivity index (χ0n) is 12.3. The molecule has 21 heavy (non-hydrogen) atoms. The summed E-state index contributed by atoms with van der Waals surface area (Å²) >= 11 is 0. The number of pyridine rings is 1. The molecule has 1 unspecified atom stereocenters. The van der Waals surface area contributed by atoms with E-state index in [1.165, 1.54) is 0 Å². The van der Waals surface area contributed by atoms with E-state index in [4.69, 9.17) is 5.11 Å². The van der Waals surface area contributed by atoms with Crippen LogP contribution in [0.15, 0.2) is 29.1 Å². The summed E-state index contributed by atoms with van der Waals surface area (Å²) < 4.78 is 0. The Bertz CT molecular complexity index is 706. The smallest absolute Gasteiger partial charge is 0.251 e. The summed E-state index contributed by atoms with van der Waals surface area (Å²) in [5, 5.41) is 12.5. The van der Waals surface area contributed by atoms with Crippen molar-refractivity contribution in [1.29, 1.82) is 0 Å². The van der Waals surface area contributed by atoms with Crippen LogP contribution in [0.25, 0.3) is 10.9 Å². The van der Waals surface area contributed by atoms with E-state index in [1.807, 2.05) is 31.2 Å². The fourth-order valence-corrected chi connectivity index (χ4v) is 2.19. The highest BCUT2D eigenvalue weighted by Crippen LogP contribution is 2.13. The van der Waals surface area contributed by atoms with Gasteiger partial charge in [0.05, 0.1) is 6.61 Å². The first-order valence-corrected chi connectivity index (χ1v) is 7.02. The van der Waals surface area contributed by atoms with E-state index in [0.717, 1.165) is 16.5 Å². The Morgan fingerprint density at radius 1 is 1.38 bits per heavy atom. The monoisotopic (exact) mass is 288 g/mol. The SMILES string of the molecule is Cc1ccc2cc(CCC(=O)NC(C)CO)c(=O)[nH]c2c1. The molecule has 0 spiro atoms. The average molecular weight is 288 g/mol. The maximum atomic E-state index is 12.0. The normalized spacial score (nSPS) is 12.3. The van der Waals surface area contributed by atoms with Crippen LogP contribution in [0.3, 0.4) is 0 Å². The zero-order chi connectivity index (χ0) is 15.4. The Hall–Kier alpha value is -2.14. The lowest BCUT2D eigenvalue weighted by Gasteiger charge is -2.10. The van der Waals surface area contributed by atoms with Crippen LogP contribution in [0.4, 0.5) is 0 Å². The third-order valence-corrected chi connectivity index (χ3v) is 3.38. The van der Waals surface area contributed by atoms with E-state index in [9.17, 15) is 9.59 Å². The number of carbonyl (C=O) groups is 1. The summed E-state index contributed by atoms with van der Waals surface area (Å²) in [5.74, 6) is -0.167. The number of H-pyrrole nitrogens is 1. The molecule has 1 amide bonds. The van der Waals surface area contributed by atoms with Crippen molar-refractivity contribution in [2.75, 3.05) is 6.61 Å². The number of nitrogens with one attached hydrogen (secondary N) is 2. The van der Waals surface area contributed by atoms with Crippen LogP contribution in [0.5, 0.6) is 0 Å². The first-order chi connectivity index (χ1) is 9.99. The molecule has 1 heterocycles. The van der Waals surface area contributed by atoms with Crippen LogP contribution in [0, 0.1) is 6.92 Å². The molecule has 1 aromatic carbocycles. The van der Waals surface area contributed by atoms with Gasteiger partial charge in [0, 0.05) is 23.5 Å². The number of aryl methyl sites for hydroxylation is 2. The van der Waals surface area contributed by atoms with Crippen molar-refractivity contribution in [3.05, 3.63) is 45.7 Å². The number of amides is 1. The molecule has 0 fully saturated rings. The van der Waals surface area contributed by atoms with E-state index >= 15 is 0 Å². The Balaban J connectivity index is 2.12. The largest absolute Gasteiger partial charge is 0.394 e. The Labute approximate surface area is 123 Å². The van der Waals surface area contributed by atoms with Crippen LogP contribution < -0.4 is 10.9 Å². The van der Waals surface area contributed by atoms with E-state index in [-0.39, 0.29) is 30.5 Å². The molecule has 0 aliphatic rings. The number of aliphatic hydroxyl groups excluding tert-OH is 1. The summed E-state index contributed by atoms with van der Waals surface area (Å²) in [6, 6.07) is 7.43. The number of aromatic nitrogens is 1. The van der Waals surface area contributed by atoms with E-state index in [0.29, 0.717) is 12.0 Å². The van der Waals surface area contributed by atoms with Crippen LogP contribution in [-0.4, -0.2) is 28.6 Å². The minimum atomic E-state index is -0.268. The highest BCUT2D eigenvalue weighted by molar-refractivity contribution is 5.80. The summed E-state index contributed by atoms with van der Waals surface area (Å²) in [7, 11) is 0. The first-order valence-electron chi connectivity index (χ1n) is 7.02. The highest BCUT2D eigenvalue weighted by Gasteiger charge is 2.09. The summed E-state index contributed by atoms with van der Waals surface area (Å²) in [6.07, 6.45) is 0.605. The number of aromatic amines is 1. The second-order valence-electron chi connectivity index (χ2n) is 5.37.